The van der Waals surface area contributed by atoms with Gasteiger partial charge in [-0.15, -0.1) is 0 Å². The van der Waals surface area contributed by atoms with E-state index in [0.717, 1.165) is 16.7 Å². The highest BCUT2D eigenvalue weighted by atomic mass is 32.2. The van der Waals surface area contributed by atoms with E-state index in [1.54, 1.807) is 26.2 Å². The summed E-state index contributed by atoms with van der Waals surface area (Å²) < 4.78 is 39.9. The molecule has 0 radical (unpaired) electrons. The molecule has 180 valence electrons. The van der Waals surface area contributed by atoms with Crippen molar-refractivity contribution in [3.05, 3.63) is 89.5 Å². The van der Waals surface area contributed by atoms with Crippen molar-refractivity contribution < 1.29 is 22.7 Å². The van der Waals surface area contributed by atoms with Gasteiger partial charge in [-0.2, -0.15) is 4.72 Å². The molecule has 0 bridgehead atoms. The van der Waals surface area contributed by atoms with E-state index < -0.39 is 28.0 Å². The Bertz CT molecular complexity index is 1230. The number of rotatable bonds is 10. The summed E-state index contributed by atoms with van der Waals surface area (Å²) in [6.07, 6.45) is 0.179. The van der Waals surface area contributed by atoms with E-state index in [1.165, 1.54) is 13.2 Å². The zero-order valence-electron chi connectivity index (χ0n) is 19.7. The Balaban J connectivity index is 1.91. The lowest BCUT2D eigenvalue weighted by atomic mass is 10.0. The minimum absolute atomic E-state index is 0.0151. The van der Waals surface area contributed by atoms with Gasteiger partial charge in [0, 0.05) is 5.56 Å². The molecule has 0 aliphatic rings. The van der Waals surface area contributed by atoms with Gasteiger partial charge in [0.1, 0.15) is 22.4 Å². The Morgan fingerprint density at radius 1 is 0.912 bits per heavy atom. The molecule has 0 aliphatic heterocycles. The lowest BCUT2D eigenvalue weighted by Gasteiger charge is -2.23. The van der Waals surface area contributed by atoms with Crippen LogP contribution in [0.15, 0.2) is 77.7 Å². The molecule has 0 aliphatic carbocycles. The number of methoxy groups -OCH3 is 2. The molecule has 3 rings (SSSR count). The van der Waals surface area contributed by atoms with Crippen LogP contribution >= 0.6 is 0 Å². The molecule has 0 fully saturated rings. The van der Waals surface area contributed by atoms with Gasteiger partial charge in [0.25, 0.3) is 0 Å². The number of para-hydroxylation sites is 1. The van der Waals surface area contributed by atoms with Gasteiger partial charge in [-0.1, -0.05) is 54.6 Å². The smallest absolute Gasteiger partial charge is 0.244 e. The van der Waals surface area contributed by atoms with Crippen molar-refractivity contribution in [2.45, 2.75) is 37.2 Å². The van der Waals surface area contributed by atoms with Gasteiger partial charge >= 0.3 is 0 Å². The van der Waals surface area contributed by atoms with Crippen molar-refractivity contribution in [2.75, 3.05) is 14.2 Å². The van der Waals surface area contributed by atoms with Crippen LogP contribution in [0.2, 0.25) is 0 Å². The monoisotopic (exact) mass is 482 g/mol. The summed E-state index contributed by atoms with van der Waals surface area (Å²) >= 11 is 0. The maximum absolute atomic E-state index is 13.4. The maximum atomic E-state index is 13.4. The lowest BCUT2D eigenvalue weighted by molar-refractivity contribution is -0.123. The molecular weight excluding hydrogens is 452 g/mol. The third kappa shape index (κ3) is 6.15. The topological polar surface area (TPSA) is 93.7 Å². The number of aryl methyl sites for hydroxylation is 1. The SMILES string of the molecule is COc1ccccc1[C@H](C)NC(=O)[C@@H](Cc1ccccc1)NS(=O)(=O)c1cc(C)ccc1OC. The summed E-state index contributed by atoms with van der Waals surface area (Å²) in [4.78, 5) is 13.3. The fraction of sp³-hybridized carbons (Fsp3) is 0.269. The number of ether oxygens (including phenoxy) is 2. The van der Waals surface area contributed by atoms with Crippen LogP contribution in [0.25, 0.3) is 0 Å². The van der Waals surface area contributed by atoms with E-state index in [-0.39, 0.29) is 17.1 Å². The summed E-state index contributed by atoms with van der Waals surface area (Å²) in [6.45, 7) is 3.62. The first kappa shape index (κ1) is 25.3. The molecule has 2 N–H and O–H groups in total. The van der Waals surface area contributed by atoms with Crippen LogP contribution in [0.1, 0.15) is 29.7 Å². The molecule has 0 saturated heterocycles. The summed E-state index contributed by atoms with van der Waals surface area (Å²) in [6, 6.07) is 20.1. The van der Waals surface area contributed by atoms with Gasteiger partial charge < -0.3 is 14.8 Å². The molecule has 1 amide bonds. The third-order valence-electron chi connectivity index (χ3n) is 5.47. The minimum Gasteiger partial charge on any atom is -0.496 e. The van der Waals surface area contributed by atoms with Crippen LogP contribution < -0.4 is 19.5 Å². The molecule has 0 unspecified atom stereocenters. The van der Waals surface area contributed by atoms with Crippen molar-refractivity contribution in [1.29, 1.82) is 0 Å². The highest BCUT2D eigenvalue weighted by Gasteiger charge is 2.29. The van der Waals surface area contributed by atoms with Gasteiger partial charge in [0.15, 0.2) is 0 Å². The van der Waals surface area contributed by atoms with Crippen molar-refractivity contribution >= 4 is 15.9 Å². The Kier molecular flexibility index (Phi) is 8.31. The zero-order valence-corrected chi connectivity index (χ0v) is 20.6. The highest BCUT2D eigenvalue weighted by molar-refractivity contribution is 7.89. The molecule has 0 aromatic heterocycles. The Labute approximate surface area is 201 Å². The zero-order chi connectivity index (χ0) is 24.7. The van der Waals surface area contributed by atoms with Gasteiger partial charge in [-0.3, -0.25) is 4.79 Å². The number of sulfonamides is 1. The summed E-state index contributed by atoms with van der Waals surface area (Å²) in [7, 11) is -1.09. The molecule has 0 saturated carbocycles. The van der Waals surface area contributed by atoms with Crippen LogP contribution in [0.4, 0.5) is 0 Å². The number of carbonyl (C=O) groups is 1. The minimum atomic E-state index is -4.06. The largest absolute Gasteiger partial charge is 0.496 e. The van der Waals surface area contributed by atoms with Crippen LogP contribution in [-0.4, -0.2) is 34.6 Å². The quantitative estimate of drug-likeness (QED) is 0.459. The molecule has 8 heteroatoms. The molecule has 0 heterocycles. The second kappa shape index (κ2) is 11.2. The number of hydrogen-bond donors (Lipinski definition) is 2. The Morgan fingerprint density at radius 3 is 2.24 bits per heavy atom. The first-order valence-corrected chi connectivity index (χ1v) is 12.4. The van der Waals surface area contributed by atoms with Crippen molar-refractivity contribution in [2.24, 2.45) is 0 Å². The summed E-state index contributed by atoms with van der Waals surface area (Å²) in [5.74, 6) is 0.400. The molecule has 0 spiro atoms. The number of hydrogen-bond acceptors (Lipinski definition) is 5. The van der Waals surface area contributed by atoms with Crippen molar-refractivity contribution in [3.8, 4) is 11.5 Å². The molecule has 7 nitrogen and oxygen atoms in total. The average molecular weight is 483 g/mol. The number of benzene rings is 3. The maximum Gasteiger partial charge on any atom is 0.244 e. The fourth-order valence-corrected chi connectivity index (χ4v) is 5.15. The van der Waals surface area contributed by atoms with Gasteiger partial charge in [0.05, 0.1) is 20.3 Å². The second-order valence-corrected chi connectivity index (χ2v) is 9.67. The average Bonchev–Trinajstić information content (AvgIpc) is 2.84. The predicted molar refractivity (Wildman–Crippen MR) is 132 cm³/mol. The molecule has 3 aromatic carbocycles. The molecular formula is C26H30N2O5S. The van der Waals surface area contributed by atoms with Crippen LogP contribution in [0.5, 0.6) is 11.5 Å². The standard InChI is InChI=1S/C26H30N2O5S/c1-18-14-15-24(33-4)25(16-18)34(30,31)28-22(17-20-10-6-5-7-11-20)26(29)27-19(2)21-12-8-9-13-23(21)32-3/h5-16,19,22,28H,17H2,1-4H3,(H,27,29)/t19-,22+/m0/s1. The Morgan fingerprint density at radius 2 is 1.56 bits per heavy atom. The second-order valence-electron chi connectivity index (χ2n) is 7.99. The van der Waals surface area contributed by atoms with E-state index in [2.05, 4.69) is 10.0 Å². The normalized spacial score (nSPS) is 13.1. The van der Waals surface area contributed by atoms with E-state index in [0.29, 0.717) is 5.75 Å². The van der Waals surface area contributed by atoms with Crippen LogP contribution in [0, 0.1) is 6.92 Å². The number of nitrogens with one attached hydrogen (secondary N) is 2. The number of amides is 1. The summed E-state index contributed by atoms with van der Waals surface area (Å²) in [5, 5.41) is 2.93. The van der Waals surface area contributed by atoms with E-state index >= 15 is 0 Å². The van der Waals surface area contributed by atoms with Crippen molar-refractivity contribution in [3.63, 3.8) is 0 Å². The summed E-state index contributed by atoms with van der Waals surface area (Å²) in [5.41, 5.74) is 2.38. The lowest BCUT2D eigenvalue weighted by Crippen LogP contribution is -2.48. The molecule has 3 aromatic rings. The van der Waals surface area contributed by atoms with Gasteiger partial charge in [-0.25, -0.2) is 8.42 Å². The molecule has 34 heavy (non-hydrogen) atoms. The van der Waals surface area contributed by atoms with E-state index in [9.17, 15) is 13.2 Å². The van der Waals surface area contributed by atoms with Crippen molar-refractivity contribution in [1.82, 2.24) is 10.0 Å². The fourth-order valence-electron chi connectivity index (χ4n) is 3.70. The first-order valence-electron chi connectivity index (χ1n) is 10.9. The van der Waals surface area contributed by atoms with Gasteiger partial charge in [0.2, 0.25) is 15.9 Å². The Hall–Kier alpha value is -3.36. The van der Waals surface area contributed by atoms with E-state index in [4.69, 9.17) is 9.47 Å². The van der Waals surface area contributed by atoms with E-state index in [1.807, 2.05) is 61.5 Å². The van der Waals surface area contributed by atoms with Crippen LogP contribution in [0.3, 0.4) is 0 Å². The highest BCUT2D eigenvalue weighted by Crippen LogP contribution is 2.26. The first-order chi connectivity index (χ1) is 16.2. The number of carbonyl (C=O) groups excluding carboxylic acids is 1. The predicted octanol–water partition coefficient (Wildman–Crippen LogP) is 3.78. The van der Waals surface area contributed by atoms with Gasteiger partial charge in [-0.05, 0) is 49.6 Å². The van der Waals surface area contributed by atoms with Crippen LogP contribution in [-0.2, 0) is 21.2 Å². The molecule has 2 atom stereocenters. The third-order valence-corrected chi connectivity index (χ3v) is 6.96.